The molecule has 0 aromatic carbocycles. The van der Waals surface area contributed by atoms with Crippen LogP contribution in [0.2, 0.25) is 0 Å². The Balaban J connectivity index is 4.32. The van der Waals surface area contributed by atoms with Crippen LogP contribution in [0.4, 0.5) is 0 Å². The minimum atomic E-state index is -0.799. The van der Waals surface area contributed by atoms with Crippen molar-refractivity contribution in [1.29, 1.82) is 0 Å². The molecule has 6 nitrogen and oxygen atoms in total. The van der Waals surface area contributed by atoms with Gasteiger partial charge in [0.25, 0.3) is 0 Å². The van der Waals surface area contributed by atoms with E-state index in [4.69, 9.17) is 14.2 Å². The van der Waals surface area contributed by atoms with Gasteiger partial charge in [-0.15, -0.1) is 0 Å². The molecule has 80 heavy (non-hydrogen) atoms. The van der Waals surface area contributed by atoms with Crippen LogP contribution < -0.4 is 0 Å². The maximum absolute atomic E-state index is 12.9. The fraction of sp³-hybridized carbons (Fsp3) is 0.743. The van der Waals surface area contributed by atoms with Crippen molar-refractivity contribution in [3.05, 3.63) is 97.2 Å². The van der Waals surface area contributed by atoms with Crippen LogP contribution in [0.25, 0.3) is 0 Å². The average molecular weight is 1110 g/mol. The lowest BCUT2D eigenvalue weighted by atomic mass is 10.0. The van der Waals surface area contributed by atoms with Crippen LogP contribution in [-0.4, -0.2) is 37.2 Å². The number of allylic oxidation sites excluding steroid dienone is 16. The molecule has 460 valence electrons. The Morgan fingerprint density at radius 3 is 0.812 bits per heavy atom. The first kappa shape index (κ1) is 76.3. The van der Waals surface area contributed by atoms with E-state index in [1.54, 1.807) is 0 Å². The first-order chi connectivity index (χ1) is 39.5. The van der Waals surface area contributed by atoms with Crippen molar-refractivity contribution in [2.45, 2.75) is 341 Å². The number of carbonyl (C=O) groups excluding carboxylic acids is 3. The van der Waals surface area contributed by atoms with Crippen LogP contribution in [0.5, 0.6) is 0 Å². The molecule has 0 saturated carbocycles. The molecule has 0 heterocycles. The number of rotatable bonds is 62. The molecule has 0 fully saturated rings. The molecule has 1 unspecified atom stereocenters. The Morgan fingerprint density at radius 1 is 0.263 bits per heavy atom. The topological polar surface area (TPSA) is 78.9 Å². The van der Waals surface area contributed by atoms with Gasteiger partial charge in [-0.3, -0.25) is 14.4 Å². The van der Waals surface area contributed by atoms with Crippen LogP contribution in [0, 0.1) is 0 Å². The first-order valence-electron chi connectivity index (χ1n) is 34.2. The Kier molecular flexibility index (Phi) is 64.7. The largest absolute Gasteiger partial charge is 0.462 e. The number of hydrogen-bond acceptors (Lipinski definition) is 6. The van der Waals surface area contributed by atoms with Gasteiger partial charge in [-0.05, 0) is 96.3 Å². The molecule has 0 aromatic rings. The fourth-order valence-electron chi connectivity index (χ4n) is 9.72. The molecule has 0 aliphatic carbocycles. The summed E-state index contributed by atoms with van der Waals surface area (Å²) in [6, 6.07) is 0. The lowest BCUT2D eigenvalue weighted by molar-refractivity contribution is -0.167. The van der Waals surface area contributed by atoms with E-state index in [-0.39, 0.29) is 31.1 Å². The predicted molar refractivity (Wildman–Crippen MR) is 348 cm³/mol. The lowest BCUT2D eigenvalue weighted by Crippen LogP contribution is -2.30. The standard InChI is InChI=1S/C74H128O6/c1-4-7-10-13-16-19-22-25-27-29-31-33-35-36-37-39-40-42-44-46-49-52-55-58-61-64-67-73(76)79-70-71(69-78-72(75)66-63-60-57-54-51-48-24-21-18-15-12-9-6-3)80-74(77)68-65-62-59-56-53-50-47-45-43-41-38-34-32-30-28-26-23-20-17-14-11-8-5-2/h8,11-12,15,17,20-21,24,26,28,32,34,41,43,47,50,71H,4-7,9-10,13-14,16,18-19,22-23,25,27,29-31,33,35-40,42,44-46,48-49,51-70H2,1-3H3/b11-8-,15-12-,20-17-,24-21-,28-26-,34-32-,43-41-,50-47-. The summed E-state index contributed by atoms with van der Waals surface area (Å²) in [5.41, 5.74) is 0. The van der Waals surface area contributed by atoms with Gasteiger partial charge in [-0.1, -0.05) is 317 Å². The summed E-state index contributed by atoms with van der Waals surface area (Å²) in [4.78, 5) is 38.4. The molecule has 1 atom stereocenters. The Labute approximate surface area is 496 Å². The van der Waals surface area contributed by atoms with Gasteiger partial charge in [-0.2, -0.15) is 0 Å². The second-order valence-electron chi connectivity index (χ2n) is 22.7. The third-order valence-electron chi connectivity index (χ3n) is 14.8. The van der Waals surface area contributed by atoms with Gasteiger partial charge in [0.15, 0.2) is 6.10 Å². The molecule has 0 aliphatic heterocycles. The van der Waals surface area contributed by atoms with E-state index in [1.165, 1.54) is 154 Å². The summed E-state index contributed by atoms with van der Waals surface area (Å²) < 4.78 is 16.9. The molecule has 0 rings (SSSR count). The van der Waals surface area contributed by atoms with Crippen molar-refractivity contribution >= 4 is 17.9 Å². The maximum atomic E-state index is 12.9. The second-order valence-corrected chi connectivity index (χ2v) is 22.7. The predicted octanol–water partition coefficient (Wildman–Crippen LogP) is 23.6. The summed E-state index contributed by atoms with van der Waals surface area (Å²) in [6.07, 6.45) is 91.5. The van der Waals surface area contributed by atoms with Crippen LogP contribution in [0.1, 0.15) is 335 Å². The van der Waals surface area contributed by atoms with E-state index in [0.29, 0.717) is 19.3 Å². The van der Waals surface area contributed by atoms with E-state index >= 15 is 0 Å². The molecular weight excluding hydrogens is 985 g/mol. The van der Waals surface area contributed by atoms with Crippen LogP contribution >= 0.6 is 0 Å². The number of hydrogen-bond donors (Lipinski definition) is 0. The monoisotopic (exact) mass is 1110 g/mol. The molecule has 0 spiro atoms. The van der Waals surface area contributed by atoms with Gasteiger partial charge in [0.2, 0.25) is 0 Å². The van der Waals surface area contributed by atoms with E-state index in [2.05, 4.69) is 118 Å². The van der Waals surface area contributed by atoms with Crippen molar-refractivity contribution in [3.8, 4) is 0 Å². The molecule has 0 aliphatic rings. The molecule has 0 N–H and O–H groups in total. The molecular formula is C74H128O6. The van der Waals surface area contributed by atoms with Gasteiger partial charge >= 0.3 is 17.9 Å². The highest BCUT2D eigenvalue weighted by atomic mass is 16.6. The minimum Gasteiger partial charge on any atom is -0.462 e. The van der Waals surface area contributed by atoms with Gasteiger partial charge in [-0.25, -0.2) is 0 Å². The second kappa shape index (κ2) is 67.8. The molecule has 6 heteroatoms. The Morgan fingerprint density at radius 2 is 0.512 bits per heavy atom. The highest BCUT2D eigenvalue weighted by Gasteiger charge is 2.19. The smallest absolute Gasteiger partial charge is 0.306 e. The van der Waals surface area contributed by atoms with Gasteiger partial charge in [0, 0.05) is 19.3 Å². The molecule has 0 aromatic heterocycles. The molecule has 0 saturated heterocycles. The average Bonchev–Trinajstić information content (AvgIpc) is 3.46. The molecule has 0 amide bonds. The highest BCUT2D eigenvalue weighted by molar-refractivity contribution is 5.71. The Hall–Kier alpha value is -3.67. The van der Waals surface area contributed by atoms with Gasteiger partial charge in [0.1, 0.15) is 13.2 Å². The zero-order valence-electron chi connectivity index (χ0n) is 52.8. The number of unbranched alkanes of at least 4 members (excludes halogenated alkanes) is 35. The third-order valence-corrected chi connectivity index (χ3v) is 14.8. The summed E-state index contributed by atoms with van der Waals surface area (Å²) in [6.45, 7) is 6.47. The van der Waals surface area contributed by atoms with Crippen LogP contribution in [0.15, 0.2) is 97.2 Å². The van der Waals surface area contributed by atoms with E-state index < -0.39 is 6.10 Å². The van der Waals surface area contributed by atoms with E-state index in [0.717, 1.165) is 141 Å². The minimum absolute atomic E-state index is 0.0905. The summed E-state index contributed by atoms with van der Waals surface area (Å²) in [5, 5.41) is 0. The first-order valence-corrected chi connectivity index (χ1v) is 34.2. The Bertz CT molecular complexity index is 1560. The van der Waals surface area contributed by atoms with Crippen molar-refractivity contribution in [2.24, 2.45) is 0 Å². The van der Waals surface area contributed by atoms with Gasteiger partial charge < -0.3 is 14.2 Å². The number of carbonyl (C=O) groups is 3. The quantitative estimate of drug-likeness (QED) is 0.0261. The third kappa shape index (κ3) is 65.1. The van der Waals surface area contributed by atoms with Gasteiger partial charge in [0.05, 0.1) is 0 Å². The molecule has 0 bridgehead atoms. The summed E-state index contributed by atoms with van der Waals surface area (Å²) in [5.74, 6) is -0.917. The fourth-order valence-corrected chi connectivity index (χ4v) is 9.72. The summed E-state index contributed by atoms with van der Waals surface area (Å²) in [7, 11) is 0. The highest BCUT2D eigenvalue weighted by Crippen LogP contribution is 2.17. The maximum Gasteiger partial charge on any atom is 0.306 e. The van der Waals surface area contributed by atoms with Crippen LogP contribution in [-0.2, 0) is 28.6 Å². The lowest BCUT2D eigenvalue weighted by Gasteiger charge is -2.18. The van der Waals surface area contributed by atoms with Crippen molar-refractivity contribution in [1.82, 2.24) is 0 Å². The zero-order chi connectivity index (χ0) is 57.8. The SMILES string of the molecule is CC/C=C\C/C=C\C/C=C\C/C=C\C/C=C\C/C=C\CCCCCCC(=O)OC(COC(=O)CCCCCCC/C=C\C/C=C\CCC)COC(=O)CCCCCCCCCCCCCCCCCCCCCCCCCCCC. The zero-order valence-corrected chi connectivity index (χ0v) is 52.8. The van der Waals surface area contributed by atoms with Crippen molar-refractivity contribution in [2.75, 3.05) is 13.2 Å². The summed E-state index contributed by atoms with van der Waals surface area (Å²) >= 11 is 0. The molecule has 0 radical (unpaired) electrons. The number of ether oxygens (including phenoxy) is 3. The van der Waals surface area contributed by atoms with Crippen molar-refractivity contribution < 1.29 is 28.6 Å². The number of esters is 3. The van der Waals surface area contributed by atoms with Crippen LogP contribution in [0.3, 0.4) is 0 Å². The van der Waals surface area contributed by atoms with E-state index in [1.807, 2.05) is 0 Å². The normalized spacial score (nSPS) is 12.7. The van der Waals surface area contributed by atoms with E-state index in [9.17, 15) is 14.4 Å². The van der Waals surface area contributed by atoms with Crippen molar-refractivity contribution in [3.63, 3.8) is 0 Å².